The Kier molecular flexibility index (Phi) is 5.72. The molecule has 2 N–H and O–H groups in total. The number of hydrogen-bond acceptors (Lipinski definition) is 4. The molecule has 0 aliphatic rings. The topological polar surface area (TPSA) is 47.7 Å². The highest BCUT2D eigenvalue weighted by atomic mass is 32.1. The zero-order valence-electron chi connectivity index (χ0n) is 10.2. The molecule has 0 radical (unpaired) electrons. The van der Waals surface area contributed by atoms with Gasteiger partial charge in [-0.25, -0.2) is 0 Å². The molecule has 0 heterocycles. The monoisotopic (exact) mass is 254 g/mol. The van der Waals surface area contributed by atoms with E-state index in [0.717, 1.165) is 18.0 Å². The van der Waals surface area contributed by atoms with Gasteiger partial charge >= 0.3 is 0 Å². The molecule has 94 valence electrons. The number of nitrogens with two attached hydrogens (primary N) is 1. The molecule has 0 bridgehead atoms. The molecule has 0 aliphatic heterocycles. The molecular formula is C12H18N2O2S. The molecule has 0 fully saturated rings. The van der Waals surface area contributed by atoms with Crippen molar-refractivity contribution < 1.29 is 9.47 Å². The molecule has 4 nitrogen and oxygen atoms in total. The Morgan fingerprint density at radius 2 is 2.00 bits per heavy atom. The van der Waals surface area contributed by atoms with Crippen molar-refractivity contribution in [2.75, 3.05) is 33.9 Å². The van der Waals surface area contributed by atoms with Gasteiger partial charge in [-0.2, -0.15) is 0 Å². The quantitative estimate of drug-likeness (QED) is 0.743. The maximum Gasteiger partial charge on any atom is 0.161 e. The Morgan fingerprint density at radius 1 is 1.35 bits per heavy atom. The van der Waals surface area contributed by atoms with Gasteiger partial charge in [0.1, 0.15) is 6.61 Å². The summed E-state index contributed by atoms with van der Waals surface area (Å²) in [5.41, 5.74) is 5.45. The fourth-order valence-electron chi connectivity index (χ4n) is 1.39. The first-order valence-electron chi connectivity index (χ1n) is 5.36. The summed E-state index contributed by atoms with van der Waals surface area (Å²) < 4.78 is 10.8. The molecule has 0 spiro atoms. The zero-order chi connectivity index (χ0) is 12.7. The lowest BCUT2D eigenvalue weighted by Gasteiger charge is -2.16. The number of ether oxygens (including phenoxy) is 2. The predicted octanol–water partition coefficient (Wildman–Crippen LogP) is 1.29. The molecule has 0 saturated carbocycles. The highest BCUT2D eigenvalue weighted by Gasteiger charge is 2.04. The van der Waals surface area contributed by atoms with Crippen LogP contribution in [0.1, 0.15) is 0 Å². The summed E-state index contributed by atoms with van der Waals surface area (Å²) in [7, 11) is 3.58. The lowest BCUT2D eigenvalue weighted by molar-refractivity contribution is 0.244. The van der Waals surface area contributed by atoms with Crippen LogP contribution in [0.4, 0.5) is 0 Å². The average molecular weight is 254 g/mol. The van der Waals surface area contributed by atoms with Crippen molar-refractivity contribution in [3.8, 4) is 11.5 Å². The van der Waals surface area contributed by atoms with Crippen LogP contribution in [0.15, 0.2) is 24.3 Å². The van der Waals surface area contributed by atoms with E-state index in [2.05, 4.69) is 0 Å². The molecule has 0 aromatic heterocycles. The SMILES string of the molecule is COc1ccccc1OCCN(C)CC(N)=S. The first-order valence-corrected chi connectivity index (χ1v) is 5.77. The number of likely N-dealkylation sites (N-methyl/N-ethyl adjacent to an activating group) is 1. The van der Waals surface area contributed by atoms with Crippen LogP contribution >= 0.6 is 12.2 Å². The Morgan fingerprint density at radius 3 is 2.59 bits per heavy atom. The predicted molar refractivity (Wildman–Crippen MR) is 72.8 cm³/mol. The third-order valence-corrected chi connectivity index (χ3v) is 2.35. The number of methoxy groups -OCH3 is 1. The third kappa shape index (κ3) is 5.01. The number of rotatable bonds is 7. The van der Waals surface area contributed by atoms with Gasteiger partial charge in [0.05, 0.1) is 12.1 Å². The van der Waals surface area contributed by atoms with Crippen LogP contribution in [0.3, 0.4) is 0 Å². The fourth-order valence-corrected chi connectivity index (χ4v) is 1.61. The Bertz CT molecular complexity index is 371. The fraction of sp³-hybridized carbons (Fsp3) is 0.417. The highest BCUT2D eigenvalue weighted by molar-refractivity contribution is 7.80. The molecule has 5 heteroatoms. The van der Waals surface area contributed by atoms with Gasteiger partial charge in [-0.1, -0.05) is 24.4 Å². The van der Waals surface area contributed by atoms with E-state index in [1.54, 1.807) is 7.11 Å². The zero-order valence-corrected chi connectivity index (χ0v) is 11.0. The van der Waals surface area contributed by atoms with E-state index < -0.39 is 0 Å². The van der Waals surface area contributed by atoms with Crippen molar-refractivity contribution in [2.45, 2.75) is 0 Å². The normalized spacial score (nSPS) is 10.3. The van der Waals surface area contributed by atoms with Gasteiger partial charge in [0, 0.05) is 13.1 Å². The maximum absolute atomic E-state index is 5.63. The van der Waals surface area contributed by atoms with E-state index in [1.165, 1.54) is 0 Å². The first kappa shape index (κ1) is 13.7. The number of hydrogen-bond donors (Lipinski definition) is 1. The molecular weight excluding hydrogens is 236 g/mol. The summed E-state index contributed by atoms with van der Waals surface area (Å²) in [4.78, 5) is 2.50. The van der Waals surface area contributed by atoms with E-state index in [-0.39, 0.29) is 0 Å². The summed E-state index contributed by atoms with van der Waals surface area (Å²) in [6.45, 7) is 1.93. The Hall–Kier alpha value is -1.33. The van der Waals surface area contributed by atoms with Crippen LogP contribution in [-0.2, 0) is 0 Å². The van der Waals surface area contributed by atoms with Gasteiger partial charge < -0.3 is 15.2 Å². The molecule has 17 heavy (non-hydrogen) atoms. The molecule has 0 unspecified atom stereocenters. The van der Waals surface area contributed by atoms with Crippen molar-refractivity contribution in [1.29, 1.82) is 0 Å². The van der Waals surface area contributed by atoms with Crippen molar-refractivity contribution in [2.24, 2.45) is 5.73 Å². The summed E-state index contributed by atoms with van der Waals surface area (Å²) in [5, 5.41) is 0. The van der Waals surface area contributed by atoms with Gasteiger partial charge in [-0.05, 0) is 19.2 Å². The molecule has 1 aromatic carbocycles. The van der Waals surface area contributed by atoms with Gasteiger partial charge in [0.15, 0.2) is 11.5 Å². The molecule has 0 atom stereocenters. The second-order valence-electron chi connectivity index (χ2n) is 3.70. The maximum atomic E-state index is 5.63. The summed E-state index contributed by atoms with van der Waals surface area (Å²) in [6, 6.07) is 7.57. The number of para-hydroxylation sites is 2. The van der Waals surface area contributed by atoms with Crippen molar-refractivity contribution in [1.82, 2.24) is 4.90 Å². The second-order valence-corrected chi connectivity index (χ2v) is 4.23. The minimum Gasteiger partial charge on any atom is -0.493 e. The molecule has 0 aliphatic carbocycles. The van der Waals surface area contributed by atoms with E-state index in [1.807, 2.05) is 36.2 Å². The van der Waals surface area contributed by atoms with Crippen LogP contribution < -0.4 is 15.2 Å². The highest BCUT2D eigenvalue weighted by Crippen LogP contribution is 2.25. The van der Waals surface area contributed by atoms with Gasteiger partial charge in [0.2, 0.25) is 0 Å². The summed E-state index contributed by atoms with van der Waals surface area (Å²) >= 11 is 4.83. The average Bonchev–Trinajstić information content (AvgIpc) is 2.28. The van der Waals surface area contributed by atoms with E-state index in [4.69, 9.17) is 27.4 Å². The van der Waals surface area contributed by atoms with E-state index in [0.29, 0.717) is 18.1 Å². The molecule has 1 rings (SSSR count). The number of benzene rings is 1. The van der Waals surface area contributed by atoms with Crippen LogP contribution in [0.25, 0.3) is 0 Å². The summed E-state index contributed by atoms with van der Waals surface area (Å²) in [6.07, 6.45) is 0. The first-order chi connectivity index (χ1) is 8.13. The Labute approximate surface area is 107 Å². The van der Waals surface area contributed by atoms with Gasteiger partial charge in [-0.3, -0.25) is 4.90 Å². The lowest BCUT2D eigenvalue weighted by Crippen LogP contribution is -2.32. The third-order valence-electron chi connectivity index (χ3n) is 2.23. The van der Waals surface area contributed by atoms with Crippen molar-refractivity contribution in [3.63, 3.8) is 0 Å². The number of nitrogens with zero attached hydrogens (tertiary/aromatic N) is 1. The van der Waals surface area contributed by atoms with Gasteiger partial charge in [0.25, 0.3) is 0 Å². The Balaban J connectivity index is 2.37. The van der Waals surface area contributed by atoms with E-state index >= 15 is 0 Å². The minimum absolute atomic E-state index is 0.491. The molecule has 0 saturated heterocycles. The largest absolute Gasteiger partial charge is 0.493 e. The van der Waals surface area contributed by atoms with Crippen LogP contribution in [-0.4, -0.2) is 43.7 Å². The van der Waals surface area contributed by atoms with Crippen LogP contribution in [0.2, 0.25) is 0 Å². The van der Waals surface area contributed by atoms with Crippen molar-refractivity contribution >= 4 is 17.2 Å². The van der Waals surface area contributed by atoms with Crippen LogP contribution in [0.5, 0.6) is 11.5 Å². The molecule has 1 aromatic rings. The smallest absolute Gasteiger partial charge is 0.161 e. The molecule has 0 amide bonds. The standard InChI is InChI=1S/C12H18N2O2S/c1-14(9-12(13)17)7-8-16-11-6-4-3-5-10(11)15-2/h3-6H,7-9H2,1-2H3,(H2,13,17). The van der Waals surface area contributed by atoms with E-state index in [9.17, 15) is 0 Å². The number of thiocarbonyl (C=S) groups is 1. The van der Waals surface area contributed by atoms with Gasteiger partial charge in [-0.15, -0.1) is 0 Å². The minimum atomic E-state index is 0.491. The summed E-state index contributed by atoms with van der Waals surface area (Å²) in [5.74, 6) is 1.49. The van der Waals surface area contributed by atoms with Crippen molar-refractivity contribution in [3.05, 3.63) is 24.3 Å². The second kappa shape index (κ2) is 7.09. The van der Waals surface area contributed by atoms with Crippen LogP contribution in [0, 0.1) is 0 Å². The lowest BCUT2D eigenvalue weighted by atomic mass is 10.3.